The van der Waals surface area contributed by atoms with Gasteiger partial charge in [0.1, 0.15) is 23.5 Å². The molecule has 1 aromatic carbocycles. The largest absolute Gasteiger partial charge is 0.616 e. The summed E-state index contributed by atoms with van der Waals surface area (Å²) in [5, 5.41) is 0.660. The van der Waals surface area contributed by atoms with Crippen molar-refractivity contribution in [1.82, 2.24) is 15.0 Å². The molecule has 2 aromatic heterocycles. The summed E-state index contributed by atoms with van der Waals surface area (Å²) < 4.78 is 16.8. The lowest BCUT2D eigenvalue weighted by atomic mass is 10.1. The minimum Gasteiger partial charge on any atom is -0.616 e. The van der Waals surface area contributed by atoms with Gasteiger partial charge >= 0.3 is 5.97 Å². The van der Waals surface area contributed by atoms with Crippen molar-refractivity contribution in [2.24, 2.45) is 0 Å². The number of benzene rings is 1. The van der Waals surface area contributed by atoms with Crippen molar-refractivity contribution in [3.8, 4) is 11.3 Å². The number of nitrogens with zero attached hydrogens (tertiary/aromatic N) is 3. The zero-order valence-corrected chi connectivity index (χ0v) is 15.8. The summed E-state index contributed by atoms with van der Waals surface area (Å²) in [6.45, 7) is 3.63. The predicted octanol–water partition coefficient (Wildman–Crippen LogP) is 2.37. The maximum Gasteiger partial charge on any atom is 0.340 e. The third-order valence-electron chi connectivity index (χ3n) is 4.63. The first-order valence-electron chi connectivity index (χ1n) is 8.87. The smallest absolute Gasteiger partial charge is 0.340 e. The molecule has 0 radical (unpaired) electrons. The van der Waals surface area contributed by atoms with E-state index in [0.29, 0.717) is 40.4 Å². The van der Waals surface area contributed by atoms with E-state index < -0.39 is 17.1 Å². The van der Waals surface area contributed by atoms with Crippen LogP contribution in [0.4, 0.5) is 5.69 Å². The molecule has 4 rings (SSSR count). The second-order valence-electron chi connectivity index (χ2n) is 6.25. The van der Waals surface area contributed by atoms with Crippen LogP contribution in [0.5, 0.6) is 0 Å². The van der Waals surface area contributed by atoms with Crippen LogP contribution in [0, 0.1) is 0 Å². The van der Waals surface area contributed by atoms with Gasteiger partial charge in [0.05, 0.1) is 36.3 Å². The maximum atomic E-state index is 12.3. The Bertz CT molecular complexity index is 966. The third-order valence-corrected chi connectivity index (χ3v) is 5.90. The molecule has 0 unspecified atom stereocenters. The Hall–Kier alpha value is -2.58. The number of H-pyrrole nitrogens is 1. The SMILES string of the molecule is CCOC(=O)c1c[nH]c2ncnc(-c3cccc(N4CC[S+]([O-])CC4)c3)c12. The van der Waals surface area contributed by atoms with E-state index in [2.05, 4.69) is 25.9 Å². The molecule has 0 amide bonds. The van der Waals surface area contributed by atoms with Crippen LogP contribution in [-0.4, -0.2) is 56.7 Å². The van der Waals surface area contributed by atoms with Gasteiger partial charge in [0, 0.05) is 17.4 Å². The first kappa shape index (κ1) is 17.8. The molecular formula is C19H20N4O3S. The first-order chi connectivity index (χ1) is 13.2. The monoisotopic (exact) mass is 384 g/mol. The van der Waals surface area contributed by atoms with E-state index in [4.69, 9.17) is 4.74 Å². The van der Waals surface area contributed by atoms with Crippen LogP contribution in [0.1, 0.15) is 17.3 Å². The number of anilines is 1. The molecule has 140 valence electrons. The normalized spacial score (nSPS) is 15.3. The molecule has 1 aliphatic heterocycles. The Morgan fingerprint density at radius 3 is 2.93 bits per heavy atom. The molecule has 0 aliphatic carbocycles. The van der Waals surface area contributed by atoms with Crippen molar-refractivity contribution in [2.75, 3.05) is 36.1 Å². The van der Waals surface area contributed by atoms with Crippen molar-refractivity contribution >= 4 is 33.9 Å². The number of aromatic amines is 1. The van der Waals surface area contributed by atoms with E-state index in [1.165, 1.54) is 6.33 Å². The van der Waals surface area contributed by atoms with Crippen molar-refractivity contribution in [3.05, 3.63) is 42.4 Å². The zero-order chi connectivity index (χ0) is 18.8. The molecule has 3 aromatic rings. The average molecular weight is 384 g/mol. The lowest BCUT2D eigenvalue weighted by molar-refractivity contribution is 0.0528. The third kappa shape index (κ3) is 3.50. The lowest BCUT2D eigenvalue weighted by Crippen LogP contribution is -2.40. The van der Waals surface area contributed by atoms with Gasteiger partial charge in [-0.2, -0.15) is 0 Å². The number of rotatable bonds is 4. The van der Waals surface area contributed by atoms with Crippen molar-refractivity contribution in [3.63, 3.8) is 0 Å². The van der Waals surface area contributed by atoms with Crippen LogP contribution in [-0.2, 0) is 15.9 Å². The fourth-order valence-corrected chi connectivity index (χ4v) is 4.35. The highest BCUT2D eigenvalue weighted by Gasteiger charge is 2.22. The Balaban J connectivity index is 1.75. The van der Waals surface area contributed by atoms with Gasteiger partial charge in [0.25, 0.3) is 0 Å². The summed E-state index contributed by atoms with van der Waals surface area (Å²) in [4.78, 5) is 26.2. The van der Waals surface area contributed by atoms with E-state index in [0.717, 1.165) is 24.3 Å². The van der Waals surface area contributed by atoms with Crippen LogP contribution in [0.3, 0.4) is 0 Å². The molecule has 27 heavy (non-hydrogen) atoms. The van der Waals surface area contributed by atoms with Gasteiger partial charge in [-0.05, 0) is 19.1 Å². The molecule has 3 heterocycles. The Morgan fingerprint density at radius 1 is 1.33 bits per heavy atom. The van der Waals surface area contributed by atoms with Crippen LogP contribution in [0.25, 0.3) is 22.3 Å². The Labute approximate surface area is 159 Å². The molecule has 1 aliphatic rings. The number of carbonyl (C=O) groups excluding carboxylic acids is 1. The molecule has 0 atom stereocenters. The fraction of sp³-hybridized carbons (Fsp3) is 0.316. The molecule has 0 bridgehead atoms. The second-order valence-corrected chi connectivity index (χ2v) is 7.95. The van der Waals surface area contributed by atoms with Crippen LogP contribution >= 0.6 is 0 Å². The number of hydrogen-bond acceptors (Lipinski definition) is 6. The lowest BCUT2D eigenvalue weighted by Gasteiger charge is -2.30. The summed E-state index contributed by atoms with van der Waals surface area (Å²) in [7, 11) is 0. The van der Waals surface area contributed by atoms with E-state index in [9.17, 15) is 9.35 Å². The minimum absolute atomic E-state index is 0.306. The topological polar surface area (TPSA) is 94.2 Å². The highest BCUT2D eigenvalue weighted by Crippen LogP contribution is 2.31. The first-order valence-corrected chi connectivity index (χ1v) is 10.4. The quantitative estimate of drug-likeness (QED) is 0.548. The summed E-state index contributed by atoms with van der Waals surface area (Å²) in [6, 6.07) is 8.04. The van der Waals surface area contributed by atoms with E-state index in [1.807, 2.05) is 18.2 Å². The molecular weight excluding hydrogens is 364 g/mol. The summed E-state index contributed by atoms with van der Waals surface area (Å²) in [5.74, 6) is 0.981. The van der Waals surface area contributed by atoms with E-state index >= 15 is 0 Å². The van der Waals surface area contributed by atoms with E-state index in [1.54, 1.807) is 13.1 Å². The number of esters is 1. The standard InChI is InChI=1S/C19H20N4O3S/c1-2-26-19(24)15-11-20-18-16(15)17(21-12-22-18)13-4-3-5-14(10-13)23-6-8-27(25)9-7-23/h3-5,10-12H,2,6-9H2,1H3,(H,20,21,22). The predicted molar refractivity (Wildman–Crippen MR) is 105 cm³/mol. The molecule has 7 nitrogen and oxygen atoms in total. The number of nitrogens with one attached hydrogen (secondary N) is 1. The number of fused-ring (bicyclic) bond motifs is 1. The number of aromatic nitrogens is 3. The van der Waals surface area contributed by atoms with Gasteiger partial charge in [-0.3, -0.25) is 0 Å². The van der Waals surface area contributed by atoms with Gasteiger partial charge in [-0.25, -0.2) is 14.8 Å². The van der Waals surface area contributed by atoms with Gasteiger partial charge < -0.3 is 19.2 Å². The van der Waals surface area contributed by atoms with Crippen LogP contribution < -0.4 is 4.90 Å². The molecule has 8 heteroatoms. The molecule has 0 saturated carbocycles. The second kappa shape index (κ2) is 7.58. The zero-order valence-electron chi connectivity index (χ0n) is 15.0. The van der Waals surface area contributed by atoms with E-state index in [-0.39, 0.29) is 0 Å². The Morgan fingerprint density at radius 2 is 2.15 bits per heavy atom. The number of ether oxygens (including phenoxy) is 1. The van der Waals surface area contributed by atoms with Crippen molar-refractivity contribution < 1.29 is 14.1 Å². The van der Waals surface area contributed by atoms with Crippen molar-refractivity contribution in [1.29, 1.82) is 0 Å². The molecule has 1 N–H and O–H groups in total. The van der Waals surface area contributed by atoms with Gasteiger partial charge in [0.15, 0.2) is 0 Å². The highest BCUT2D eigenvalue weighted by atomic mass is 32.2. The molecule has 0 spiro atoms. The van der Waals surface area contributed by atoms with Crippen LogP contribution in [0.2, 0.25) is 0 Å². The summed E-state index contributed by atoms with van der Waals surface area (Å²) >= 11 is -0.717. The van der Waals surface area contributed by atoms with Crippen molar-refractivity contribution in [2.45, 2.75) is 6.92 Å². The molecule has 1 fully saturated rings. The summed E-state index contributed by atoms with van der Waals surface area (Å²) in [6.07, 6.45) is 3.10. The fourth-order valence-electron chi connectivity index (χ4n) is 3.30. The number of hydrogen-bond donors (Lipinski definition) is 1. The average Bonchev–Trinajstić information content (AvgIpc) is 3.13. The van der Waals surface area contributed by atoms with Crippen LogP contribution in [0.15, 0.2) is 36.8 Å². The van der Waals surface area contributed by atoms with Gasteiger partial charge in [-0.1, -0.05) is 23.3 Å². The Kier molecular flexibility index (Phi) is 5.00. The number of carbonyl (C=O) groups is 1. The maximum absolute atomic E-state index is 12.3. The van der Waals surface area contributed by atoms with Gasteiger partial charge in [-0.15, -0.1) is 0 Å². The van der Waals surface area contributed by atoms with Gasteiger partial charge in [0.2, 0.25) is 0 Å². The summed E-state index contributed by atoms with van der Waals surface area (Å²) in [5.41, 5.74) is 3.68. The minimum atomic E-state index is -0.717. The molecule has 1 saturated heterocycles. The highest BCUT2D eigenvalue weighted by molar-refractivity contribution is 7.91.